The van der Waals surface area contributed by atoms with Crippen LogP contribution in [0.4, 0.5) is 12.9 Å². The summed E-state index contributed by atoms with van der Waals surface area (Å²) in [5.41, 5.74) is 0.262. The van der Waals surface area contributed by atoms with Crippen LogP contribution < -0.4 is 0 Å². The van der Waals surface area contributed by atoms with E-state index in [0.29, 0.717) is 5.02 Å². The molecule has 0 bridgehead atoms. The molecule has 1 aromatic carbocycles. The highest BCUT2D eigenvalue weighted by atomic mass is 35.5. The van der Waals surface area contributed by atoms with Gasteiger partial charge in [0.2, 0.25) is 0 Å². The molecule has 0 nitrogen and oxygen atoms in total. The zero-order valence-corrected chi connectivity index (χ0v) is 8.37. The molecule has 0 aliphatic rings. The molecule has 6 heteroatoms. The zero-order chi connectivity index (χ0) is 10.8. The van der Waals surface area contributed by atoms with Gasteiger partial charge in [0.25, 0.3) is 0 Å². The topological polar surface area (TPSA) is 0 Å². The second-order valence-corrected chi connectivity index (χ2v) is 3.49. The molecule has 0 heterocycles. The molecule has 1 rings (SSSR count). The van der Waals surface area contributed by atoms with Gasteiger partial charge in [-0.25, -0.2) is 0 Å². The predicted octanol–water partition coefficient (Wildman–Crippen LogP) is 4.31. The van der Waals surface area contributed by atoms with Crippen molar-refractivity contribution >= 4 is 35.2 Å². The fourth-order valence-corrected chi connectivity index (χ4v) is 1.35. The lowest BCUT2D eigenvalue weighted by Gasteiger charge is -2.09. The SMILES string of the molecule is F[B-](F)(F)/C=C(\Cl)c1cccc(Cl)c1. The van der Waals surface area contributed by atoms with Crippen LogP contribution in [0.2, 0.25) is 5.02 Å². The second kappa shape index (κ2) is 4.28. The third kappa shape index (κ3) is 3.64. The van der Waals surface area contributed by atoms with E-state index in [4.69, 9.17) is 23.2 Å². The second-order valence-electron chi connectivity index (χ2n) is 2.65. The minimum Gasteiger partial charge on any atom is -0.445 e. The molecule has 14 heavy (non-hydrogen) atoms. The van der Waals surface area contributed by atoms with Gasteiger partial charge in [-0.2, -0.15) is 0 Å². The monoisotopic (exact) mass is 239 g/mol. The van der Waals surface area contributed by atoms with Crippen molar-refractivity contribution in [3.05, 3.63) is 40.8 Å². The molecule has 0 aliphatic carbocycles. The molecule has 0 aromatic heterocycles. The Morgan fingerprint density at radius 1 is 1.29 bits per heavy atom. The highest BCUT2D eigenvalue weighted by Crippen LogP contribution is 2.25. The maximum Gasteiger partial charge on any atom is 0.504 e. The average Bonchev–Trinajstić information content (AvgIpc) is 2.01. The maximum atomic E-state index is 12.0. The van der Waals surface area contributed by atoms with Gasteiger partial charge in [0, 0.05) is 10.1 Å². The Labute approximate surface area is 89.4 Å². The zero-order valence-electron chi connectivity index (χ0n) is 6.85. The van der Waals surface area contributed by atoms with E-state index in [2.05, 4.69) is 0 Å². The summed E-state index contributed by atoms with van der Waals surface area (Å²) in [4.78, 5) is 0. The Morgan fingerprint density at radius 2 is 1.93 bits per heavy atom. The Hall–Kier alpha value is -0.605. The van der Waals surface area contributed by atoms with Gasteiger partial charge < -0.3 is 12.9 Å². The number of hydrogen-bond acceptors (Lipinski definition) is 0. The summed E-state index contributed by atoms with van der Waals surface area (Å²) in [7, 11) is 0. The summed E-state index contributed by atoms with van der Waals surface area (Å²) in [6.45, 7) is -5.02. The lowest BCUT2D eigenvalue weighted by Crippen LogP contribution is -2.10. The van der Waals surface area contributed by atoms with Crippen molar-refractivity contribution in [2.75, 3.05) is 0 Å². The summed E-state index contributed by atoms with van der Waals surface area (Å²) >= 11 is 11.1. The standard InChI is InChI=1S/C8H5BCl2F3/c10-7-3-1-2-6(4-7)8(11)5-9(12,13)14/h1-5H/q-1/b8-5-. The Balaban J connectivity index is 3.01. The van der Waals surface area contributed by atoms with E-state index in [9.17, 15) is 12.9 Å². The van der Waals surface area contributed by atoms with Crippen molar-refractivity contribution in [3.8, 4) is 0 Å². The van der Waals surface area contributed by atoms with E-state index < -0.39 is 6.98 Å². The Kier molecular flexibility index (Phi) is 3.51. The molecule has 0 saturated heterocycles. The van der Waals surface area contributed by atoms with Crippen molar-refractivity contribution in [2.45, 2.75) is 0 Å². The first kappa shape index (κ1) is 11.5. The van der Waals surface area contributed by atoms with Gasteiger partial charge in [-0.3, -0.25) is 0 Å². The summed E-state index contributed by atoms with van der Waals surface area (Å²) in [6, 6.07) is 5.94. The fourth-order valence-electron chi connectivity index (χ4n) is 0.899. The first-order chi connectivity index (χ1) is 6.38. The van der Waals surface area contributed by atoms with E-state index >= 15 is 0 Å². The fraction of sp³-hybridized carbons (Fsp3) is 0. The van der Waals surface area contributed by atoms with E-state index in [1.807, 2.05) is 0 Å². The van der Waals surface area contributed by atoms with Crippen LogP contribution >= 0.6 is 23.2 Å². The van der Waals surface area contributed by atoms with Gasteiger partial charge in [-0.05, 0) is 17.7 Å². The van der Waals surface area contributed by atoms with Crippen LogP contribution in [0.25, 0.3) is 5.03 Å². The lowest BCUT2D eigenvalue weighted by atomic mass is 9.90. The molecule has 1 aromatic rings. The van der Waals surface area contributed by atoms with E-state index in [1.165, 1.54) is 18.2 Å². The van der Waals surface area contributed by atoms with Crippen LogP contribution in [0.5, 0.6) is 0 Å². The first-order valence-corrected chi connectivity index (χ1v) is 4.48. The van der Waals surface area contributed by atoms with Crippen LogP contribution in [0, 0.1) is 0 Å². The molecule has 0 unspecified atom stereocenters. The number of benzene rings is 1. The van der Waals surface area contributed by atoms with Crippen molar-refractivity contribution < 1.29 is 12.9 Å². The molecule has 0 fully saturated rings. The Morgan fingerprint density at radius 3 is 2.43 bits per heavy atom. The molecule has 0 saturated carbocycles. The van der Waals surface area contributed by atoms with Crippen molar-refractivity contribution in [2.24, 2.45) is 0 Å². The van der Waals surface area contributed by atoms with Gasteiger partial charge in [0.05, 0.1) is 0 Å². The van der Waals surface area contributed by atoms with E-state index in [0.717, 1.165) is 0 Å². The molecule has 0 amide bonds. The van der Waals surface area contributed by atoms with Gasteiger partial charge in [0.1, 0.15) is 0 Å². The summed E-state index contributed by atoms with van der Waals surface area (Å²) < 4.78 is 35.9. The average molecular weight is 240 g/mol. The van der Waals surface area contributed by atoms with Gasteiger partial charge >= 0.3 is 6.98 Å². The number of rotatable bonds is 2. The van der Waals surface area contributed by atoms with Crippen LogP contribution in [0.3, 0.4) is 0 Å². The number of halogens is 5. The van der Waals surface area contributed by atoms with Gasteiger partial charge in [-0.1, -0.05) is 35.3 Å². The third-order valence-corrected chi connectivity index (χ3v) is 2.02. The molecular weight excluding hydrogens is 235 g/mol. The Bertz CT molecular complexity index is 360. The quantitative estimate of drug-likeness (QED) is 0.675. The summed E-state index contributed by atoms with van der Waals surface area (Å²) in [6.07, 6.45) is 0. The summed E-state index contributed by atoms with van der Waals surface area (Å²) in [5, 5.41) is 0.00345. The predicted molar refractivity (Wildman–Crippen MR) is 54.4 cm³/mol. The summed E-state index contributed by atoms with van der Waals surface area (Å²) in [5.74, 6) is 0.0905. The largest absolute Gasteiger partial charge is 0.504 e. The highest BCUT2D eigenvalue weighted by Gasteiger charge is 2.19. The molecule has 0 atom stereocenters. The van der Waals surface area contributed by atoms with Crippen LogP contribution in [0.1, 0.15) is 5.56 Å². The van der Waals surface area contributed by atoms with Crippen LogP contribution in [-0.2, 0) is 0 Å². The van der Waals surface area contributed by atoms with E-state index in [-0.39, 0.29) is 16.6 Å². The van der Waals surface area contributed by atoms with Crippen LogP contribution in [-0.4, -0.2) is 6.98 Å². The molecule has 0 N–H and O–H groups in total. The normalized spacial score (nSPS) is 13.1. The molecule has 0 spiro atoms. The molecule has 0 radical (unpaired) electrons. The van der Waals surface area contributed by atoms with Crippen molar-refractivity contribution in [3.63, 3.8) is 0 Å². The molecule has 0 aliphatic heterocycles. The minimum absolute atomic E-state index is 0.0905. The van der Waals surface area contributed by atoms with Gasteiger partial charge in [0.15, 0.2) is 0 Å². The molecule has 76 valence electrons. The van der Waals surface area contributed by atoms with Crippen molar-refractivity contribution in [1.82, 2.24) is 0 Å². The van der Waals surface area contributed by atoms with Crippen LogP contribution in [0.15, 0.2) is 30.2 Å². The highest BCUT2D eigenvalue weighted by molar-refractivity contribution is 6.69. The third-order valence-electron chi connectivity index (χ3n) is 1.44. The molecular formula is C8H5BCl2F3-. The first-order valence-electron chi connectivity index (χ1n) is 3.73. The van der Waals surface area contributed by atoms with Crippen molar-refractivity contribution in [1.29, 1.82) is 0 Å². The number of hydrogen-bond donors (Lipinski definition) is 0. The van der Waals surface area contributed by atoms with Gasteiger partial charge in [-0.15, -0.1) is 5.98 Å². The lowest BCUT2D eigenvalue weighted by molar-refractivity contribution is 0.499. The van der Waals surface area contributed by atoms with E-state index in [1.54, 1.807) is 6.07 Å². The maximum absolute atomic E-state index is 12.0. The smallest absolute Gasteiger partial charge is 0.445 e. The minimum atomic E-state index is -5.02.